The highest BCUT2D eigenvalue weighted by Crippen LogP contribution is 2.20. The molecule has 0 aliphatic carbocycles. The van der Waals surface area contributed by atoms with Gasteiger partial charge < -0.3 is 10.2 Å². The van der Waals surface area contributed by atoms with E-state index in [1.165, 1.54) is 0 Å². The maximum absolute atomic E-state index is 11.1. The first kappa shape index (κ1) is 13.5. The van der Waals surface area contributed by atoms with E-state index in [9.17, 15) is 4.79 Å². The number of nitrogens with one attached hydrogen (secondary N) is 1. The van der Waals surface area contributed by atoms with Gasteiger partial charge in [-0.05, 0) is 12.5 Å². The summed E-state index contributed by atoms with van der Waals surface area (Å²) in [5.41, 5.74) is 1.83. The summed E-state index contributed by atoms with van der Waals surface area (Å²) in [5.74, 6) is 0.705. The molecular weight excluding hydrogens is 268 g/mol. The average Bonchev–Trinajstić information content (AvgIpc) is 3.07. The van der Waals surface area contributed by atoms with E-state index >= 15 is 0 Å². The first-order valence-electron chi connectivity index (χ1n) is 6.96. The standard InChI is InChI=1S/C14H18N6O/c1-10(21)17-12-4-6-20(9-12)14-15-5-3-13(18-14)11-7-16-19(2)8-11/h3,5,7-8,12H,4,6,9H2,1-2H3,(H,17,21). The Bertz CT molecular complexity index is 652. The van der Waals surface area contributed by atoms with Gasteiger partial charge >= 0.3 is 0 Å². The molecule has 7 nitrogen and oxygen atoms in total. The van der Waals surface area contributed by atoms with E-state index < -0.39 is 0 Å². The predicted molar refractivity (Wildman–Crippen MR) is 78.7 cm³/mol. The third-order valence-corrected chi connectivity index (χ3v) is 3.52. The molecule has 21 heavy (non-hydrogen) atoms. The normalized spacial score (nSPS) is 18.0. The molecule has 3 rings (SSSR count). The molecule has 1 fully saturated rings. The Morgan fingerprint density at radius 2 is 2.33 bits per heavy atom. The van der Waals surface area contributed by atoms with Crippen molar-refractivity contribution in [3.63, 3.8) is 0 Å². The van der Waals surface area contributed by atoms with Gasteiger partial charge in [-0.15, -0.1) is 0 Å². The lowest BCUT2D eigenvalue weighted by Crippen LogP contribution is -2.35. The number of anilines is 1. The Labute approximate surface area is 123 Å². The van der Waals surface area contributed by atoms with E-state index in [1.54, 1.807) is 24.0 Å². The molecule has 110 valence electrons. The maximum atomic E-state index is 11.1. The molecule has 1 N–H and O–H groups in total. The number of nitrogens with zero attached hydrogens (tertiary/aromatic N) is 5. The lowest BCUT2D eigenvalue weighted by Gasteiger charge is -2.16. The van der Waals surface area contributed by atoms with Gasteiger partial charge in [0, 0.05) is 51.1 Å². The van der Waals surface area contributed by atoms with Crippen LogP contribution in [0.4, 0.5) is 5.95 Å². The van der Waals surface area contributed by atoms with Gasteiger partial charge in [0.25, 0.3) is 0 Å². The van der Waals surface area contributed by atoms with Gasteiger partial charge in [-0.25, -0.2) is 9.97 Å². The van der Waals surface area contributed by atoms with Crippen molar-refractivity contribution in [1.29, 1.82) is 0 Å². The summed E-state index contributed by atoms with van der Waals surface area (Å²) in [6, 6.07) is 2.05. The van der Waals surface area contributed by atoms with Crippen molar-refractivity contribution in [1.82, 2.24) is 25.1 Å². The lowest BCUT2D eigenvalue weighted by atomic mass is 10.2. The minimum absolute atomic E-state index is 0.00637. The van der Waals surface area contributed by atoms with Gasteiger partial charge in [-0.3, -0.25) is 9.48 Å². The summed E-state index contributed by atoms with van der Waals surface area (Å²) in [4.78, 5) is 22.2. The quantitative estimate of drug-likeness (QED) is 0.894. The maximum Gasteiger partial charge on any atom is 0.225 e. The van der Waals surface area contributed by atoms with Gasteiger partial charge in [0.15, 0.2) is 0 Å². The Balaban J connectivity index is 1.76. The fourth-order valence-corrected chi connectivity index (χ4v) is 2.56. The molecule has 1 aliphatic heterocycles. The van der Waals surface area contributed by atoms with E-state index in [-0.39, 0.29) is 11.9 Å². The van der Waals surface area contributed by atoms with Crippen molar-refractivity contribution in [2.45, 2.75) is 19.4 Å². The SMILES string of the molecule is CC(=O)NC1CCN(c2nccc(-c3cnn(C)c3)n2)C1. The largest absolute Gasteiger partial charge is 0.352 e. The minimum atomic E-state index is 0.00637. The highest BCUT2D eigenvalue weighted by Gasteiger charge is 2.25. The van der Waals surface area contributed by atoms with Gasteiger partial charge in [-0.2, -0.15) is 5.10 Å². The molecule has 1 unspecified atom stereocenters. The van der Waals surface area contributed by atoms with Crippen molar-refractivity contribution in [3.05, 3.63) is 24.7 Å². The average molecular weight is 286 g/mol. The summed E-state index contributed by atoms with van der Waals surface area (Å²) < 4.78 is 1.75. The molecule has 0 saturated carbocycles. The molecular formula is C14H18N6O. The van der Waals surface area contributed by atoms with Crippen LogP contribution < -0.4 is 10.2 Å². The smallest absolute Gasteiger partial charge is 0.225 e. The van der Waals surface area contributed by atoms with E-state index in [4.69, 9.17) is 0 Å². The van der Waals surface area contributed by atoms with E-state index in [1.807, 2.05) is 19.3 Å². The monoisotopic (exact) mass is 286 g/mol. The lowest BCUT2D eigenvalue weighted by molar-refractivity contribution is -0.119. The second kappa shape index (κ2) is 5.51. The number of rotatable bonds is 3. The van der Waals surface area contributed by atoms with Crippen LogP contribution in [0.25, 0.3) is 11.3 Å². The second-order valence-corrected chi connectivity index (χ2v) is 5.28. The first-order chi connectivity index (χ1) is 10.1. The second-order valence-electron chi connectivity index (χ2n) is 5.28. The molecule has 2 aromatic rings. The molecule has 3 heterocycles. The van der Waals surface area contributed by atoms with Crippen molar-refractivity contribution >= 4 is 11.9 Å². The summed E-state index contributed by atoms with van der Waals surface area (Å²) in [6.45, 7) is 3.14. The van der Waals surface area contributed by atoms with Crippen molar-refractivity contribution < 1.29 is 4.79 Å². The molecule has 2 aromatic heterocycles. The van der Waals surface area contributed by atoms with Crippen molar-refractivity contribution in [3.8, 4) is 11.3 Å². The van der Waals surface area contributed by atoms with Crippen LogP contribution in [0, 0.1) is 0 Å². The fourth-order valence-electron chi connectivity index (χ4n) is 2.56. The first-order valence-corrected chi connectivity index (χ1v) is 6.96. The van der Waals surface area contributed by atoms with Crippen molar-refractivity contribution in [2.24, 2.45) is 7.05 Å². The zero-order chi connectivity index (χ0) is 14.8. The molecule has 7 heteroatoms. The van der Waals surface area contributed by atoms with Gasteiger partial charge in [0.05, 0.1) is 11.9 Å². The summed E-state index contributed by atoms with van der Waals surface area (Å²) in [5, 5.41) is 7.10. The summed E-state index contributed by atoms with van der Waals surface area (Å²) >= 11 is 0. The summed E-state index contributed by atoms with van der Waals surface area (Å²) in [6.07, 6.45) is 6.39. The molecule has 1 saturated heterocycles. The molecule has 1 atom stereocenters. The number of aryl methyl sites for hydroxylation is 1. The number of carbonyl (C=O) groups is 1. The Morgan fingerprint density at radius 1 is 1.48 bits per heavy atom. The highest BCUT2D eigenvalue weighted by atomic mass is 16.1. The molecule has 0 radical (unpaired) electrons. The molecule has 0 spiro atoms. The number of amides is 1. The number of hydrogen-bond acceptors (Lipinski definition) is 5. The zero-order valence-electron chi connectivity index (χ0n) is 12.2. The minimum Gasteiger partial charge on any atom is -0.352 e. The summed E-state index contributed by atoms with van der Waals surface area (Å²) in [7, 11) is 1.88. The molecule has 0 aromatic carbocycles. The van der Waals surface area contributed by atoms with Crippen LogP contribution in [0.5, 0.6) is 0 Å². The number of hydrogen-bond donors (Lipinski definition) is 1. The van der Waals surface area contributed by atoms with Gasteiger partial charge in [0.2, 0.25) is 11.9 Å². The third kappa shape index (κ3) is 3.01. The fraction of sp³-hybridized carbons (Fsp3) is 0.429. The van der Waals surface area contributed by atoms with Crippen molar-refractivity contribution in [2.75, 3.05) is 18.0 Å². The van der Waals surface area contributed by atoms with Gasteiger partial charge in [-0.1, -0.05) is 0 Å². The number of carbonyl (C=O) groups excluding carboxylic acids is 1. The van der Waals surface area contributed by atoms with Crippen LogP contribution in [0.15, 0.2) is 24.7 Å². The van der Waals surface area contributed by atoms with E-state index in [0.717, 1.165) is 30.8 Å². The molecule has 0 bridgehead atoms. The van der Waals surface area contributed by atoms with E-state index in [0.29, 0.717) is 5.95 Å². The van der Waals surface area contributed by atoms with E-state index in [2.05, 4.69) is 25.3 Å². The van der Waals surface area contributed by atoms with Crippen LogP contribution in [0.3, 0.4) is 0 Å². The predicted octanol–water partition coefficient (Wildman–Crippen LogP) is 0.592. The molecule has 1 amide bonds. The van der Waals surface area contributed by atoms with Crippen LogP contribution in [-0.2, 0) is 11.8 Å². The van der Waals surface area contributed by atoms with Crippen LogP contribution >= 0.6 is 0 Å². The van der Waals surface area contributed by atoms with Crippen LogP contribution in [-0.4, -0.2) is 44.8 Å². The Hall–Kier alpha value is -2.44. The third-order valence-electron chi connectivity index (χ3n) is 3.52. The van der Waals surface area contributed by atoms with Crippen LogP contribution in [0.2, 0.25) is 0 Å². The molecule has 1 aliphatic rings. The number of aromatic nitrogens is 4. The Morgan fingerprint density at radius 3 is 3.05 bits per heavy atom. The van der Waals surface area contributed by atoms with Gasteiger partial charge in [0.1, 0.15) is 0 Å². The zero-order valence-corrected chi connectivity index (χ0v) is 12.2. The highest BCUT2D eigenvalue weighted by molar-refractivity contribution is 5.73. The Kier molecular flexibility index (Phi) is 3.55. The topological polar surface area (TPSA) is 75.9 Å². The van der Waals surface area contributed by atoms with Crippen LogP contribution in [0.1, 0.15) is 13.3 Å².